The van der Waals surface area contributed by atoms with Crippen LogP contribution in [0.5, 0.6) is 0 Å². The van der Waals surface area contributed by atoms with Gasteiger partial charge in [-0.2, -0.15) is 60.4 Å². The van der Waals surface area contributed by atoms with Crippen molar-refractivity contribution in [2.24, 2.45) is 5.92 Å². The lowest BCUT2D eigenvalue weighted by Gasteiger charge is -2.19. The molecule has 0 aliphatic rings. The van der Waals surface area contributed by atoms with E-state index >= 15 is 0 Å². The zero-order valence-electron chi connectivity index (χ0n) is 57.4. The molecule has 0 amide bonds. The van der Waals surface area contributed by atoms with Crippen molar-refractivity contribution < 1.29 is 0 Å². The number of unbranched alkanes of at least 4 members (excludes halogenated alkanes) is 1. The van der Waals surface area contributed by atoms with Gasteiger partial charge < -0.3 is 0 Å². The zero-order chi connectivity index (χ0) is 73.0. The van der Waals surface area contributed by atoms with Crippen molar-refractivity contribution in [3.8, 4) is 36.4 Å². The first-order valence-electron chi connectivity index (χ1n) is 32.9. The van der Waals surface area contributed by atoms with Crippen LogP contribution in [0.25, 0.3) is 0 Å². The number of nitriles is 6. The molecule has 6 aromatic heterocycles. The van der Waals surface area contributed by atoms with Gasteiger partial charge in [0.05, 0.1) is 94.0 Å². The van der Waals surface area contributed by atoms with Crippen LogP contribution in [-0.2, 0) is 0 Å². The van der Waals surface area contributed by atoms with E-state index in [-0.39, 0.29) is 36.3 Å². The zero-order valence-corrected chi connectivity index (χ0v) is 57.4. The molecule has 0 aliphatic carbocycles. The van der Waals surface area contributed by atoms with Gasteiger partial charge in [0.25, 0.3) is 0 Å². The largest absolute Gasteiger partial charge is 0.192 e. The minimum Gasteiger partial charge on any atom is -0.192 e. The monoisotopic (exact) mass is 1370 g/mol. The average molecular weight is 1370 g/mol. The van der Waals surface area contributed by atoms with E-state index in [4.69, 9.17) is 31.6 Å². The first-order chi connectivity index (χ1) is 50.5. The maximum atomic E-state index is 8.88. The summed E-state index contributed by atoms with van der Waals surface area (Å²) < 4.78 is 0. The molecule has 30 heteroatoms. The van der Waals surface area contributed by atoms with E-state index in [1.165, 1.54) is 42.8 Å². The van der Waals surface area contributed by atoms with Crippen LogP contribution in [0.3, 0.4) is 0 Å². The highest BCUT2D eigenvalue weighted by atomic mass is 15.6. The average Bonchev–Trinajstić information content (AvgIpc) is 1.14. The highest BCUT2D eigenvalue weighted by Crippen LogP contribution is 2.28. The molecule has 30 nitrogen and oxygen atoms in total. The Balaban J connectivity index is 0.000000157. The highest BCUT2D eigenvalue weighted by Gasteiger charge is 2.22. The molecular formula is C73H72N30. The Morgan fingerprint density at radius 3 is 0.932 bits per heavy atom. The van der Waals surface area contributed by atoms with Gasteiger partial charge in [-0.05, 0) is 175 Å². The summed E-state index contributed by atoms with van der Waals surface area (Å²) in [5.74, 6) is 0.345. The summed E-state index contributed by atoms with van der Waals surface area (Å²) in [5, 5.41) is 123. The minimum absolute atomic E-state index is 0.0280. The Kier molecular flexibility index (Phi) is 29.0. The minimum atomic E-state index is -0.147. The summed E-state index contributed by atoms with van der Waals surface area (Å²) in [6.07, 6.45) is 14.6. The van der Waals surface area contributed by atoms with Crippen molar-refractivity contribution >= 4 is 0 Å². The quantitative estimate of drug-likeness (QED) is 0.0684. The maximum absolute atomic E-state index is 8.88. The van der Waals surface area contributed by atoms with Gasteiger partial charge >= 0.3 is 0 Å². The Morgan fingerprint density at radius 2 is 0.602 bits per heavy atom. The number of tetrazole rings is 6. The molecule has 6 heterocycles. The second-order valence-electron chi connectivity index (χ2n) is 23.0. The van der Waals surface area contributed by atoms with E-state index < -0.39 is 0 Å². The molecule has 6 atom stereocenters. The van der Waals surface area contributed by atoms with E-state index in [0.717, 1.165) is 77.5 Å². The molecule has 0 aliphatic heterocycles. The molecule has 0 N–H and O–H groups in total. The maximum Gasteiger partial charge on any atom is 0.162 e. The molecule has 514 valence electrons. The number of aromatic nitrogens is 24. The lowest BCUT2D eigenvalue weighted by molar-refractivity contribution is 0.358. The summed E-state index contributed by atoms with van der Waals surface area (Å²) in [6, 6.07) is 67.6. The van der Waals surface area contributed by atoms with Crippen LogP contribution >= 0.6 is 0 Å². The van der Waals surface area contributed by atoms with Gasteiger partial charge in [0.15, 0.2) is 38.0 Å². The summed E-state index contributed by atoms with van der Waals surface area (Å²) in [7, 11) is 0. The Morgan fingerprint density at radius 1 is 0.301 bits per heavy atom. The van der Waals surface area contributed by atoms with Crippen LogP contribution in [0.15, 0.2) is 214 Å². The normalized spacial score (nSPS) is 12.0. The number of hydrogen-bond acceptors (Lipinski definition) is 24. The standard InChI is InChI=1S/C15H11N5.C13H15N5.2C12H13N5.C11H11N5.C10H9N5/c16-10-12-6-8-14(9-7-12)15(20-18-11-17-19-20)13-4-2-1-3-5-13;1-2-3-4-13(18-16-10-15-17-18)12-7-5-11(9-14)6-8-12;1-9(2)12(17-15-8-14-16-17)11-5-3-10(7-13)4-6-11;1-2-3-12(17-15-9-14-16-17)11-6-4-10(8-13)5-7-11;1-2-11(16-14-8-13-15-16)10-5-3-9(7-12)4-6-10;1-8(15-13-7-12-14-15)10-4-2-9(6-11)3-5-10/h1-9,11,15H;5-8,10,13H,2-4H2,1H3;3-6,8-9,12H,1-2H3;4-7,9,12H,2-3H2,1H3;3-6,8,11H,2H2,1H3;2-5,7-8H,1H3. The Labute approximate surface area is 595 Å². The van der Waals surface area contributed by atoms with E-state index in [0.29, 0.717) is 39.3 Å². The summed E-state index contributed by atoms with van der Waals surface area (Å²) in [4.78, 5) is 9.54. The smallest absolute Gasteiger partial charge is 0.162 e. The predicted octanol–water partition coefficient (Wildman–Crippen LogP) is 10.9. The molecule has 0 saturated carbocycles. The van der Waals surface area contributed by atoms with Crippen LogP contribution in [0.2, 0.25) is 0 Å². The predicted molar refractivity (Wildman–Crippen MR) is 373 cm³/mol. The van der Waals surface area contributed by atoms with E-state index in [9.17, 15) is 0 Å². The molecule has 0 radical (unpaired) electrons. The van der Waals surface area contributed by atoms with E-state index in [1.54, 1.807) is 60.4 Å². The first kappa shape index (κ1) is 74.7. The molecule has 7 aromatic carbocycles. The Hall–Kier alpha value is -14.1. The van der Waals surface area contributed by atoms with E-state index in [1.807, 2.05) is 146 Å². The van der Waals surface area contributed by atoms with Crippen LogP contribution < -0.4 is 0 Å². The molecule has 0 fully saturated rings. The van der Waals surface area contributed by atoms with Gasteiger partial charge in [0.1, 0.15) is 12.1 Å². The molecule has 6 unspecified atom stereocenters. The fraction of sp³-hybridized carbons (Fsp3) is 0.260. The van der Waals surface area contributed by atoms with E-state index in [2.05, 4.69) is 163 Å². The van der Waals surface area contributed by atoms with Crippen molar-refractivity contribution in [3.05, 3.63) is 286 Å². The highest BCUT2D eigenvalue weighted by molar-refractivity contribution is 5.39. The summed E-state index contributed by atoms with van der Waals surface area (Å²) in [6.45, 7) is 12.5. The van der Waals surface area contributed by atoms with Crippen molar-refractivity contribution in [3.63, 3.8) is 0 Å². The molecular weight excluding hydrogens is 1300 g/mol. The second kappa shape index (κ2) is 40.0. The third kappa shape index (κ3) is 21.7. The number of nitrogens with zero attached hydrogens (tertiary/aromatic N) is 30. The van der Waals surface area contributed by atoms with Gasteiger partial charge in [-0.15, -0.1) is 61.2 Å². The lowest BCUT2D eigenvalue weighted by Crippen LogP contribution is -2.19. The third-order valence-electron chi connectivity index (χ3n) is 15.9. The molecule has 0 spiro atoms. The molecule has 0 saturated heterocycles. The molecule has 13 aromatic rings. The molecule has 13 rings (SSSR count). The van der Waals surface area contributed by atoms with Crippen molar-refractivity contribution in [1.82, 2.24) is 121 Å². The fourth-order valence-corrected chi connectivity index (χ4v) is 10.6. The topological polar surface area (TPSA) is 404 Å². The van der Waals surface area contributed by atoms with Gasteiger partial charge in [-0.1, -0.05) is 157 Å². The van der Waals surface area contributed by atoms with Gasteiger partial charge in [-0.25, -0.2) is 0 Å². The van der Waals surface area contributed by atoms with Gasteiger partial charge in [0.2, 0.25) is 0 Å². The number of hydrogen-bond donors (Lipinski definition) is 0. The molecule has 103 heavy (non-hydrogen) atoms. The van der Waals surface area contributed by atoms with Crippen LogP contribution in [-0.4, -0.2) is 121 Å². The SMILES string of the molecule is CC(C)C(c1ccc(C#N)cc1)n1ncnn1.CC(c1ccc(C#N)cc1)n1ncnn1.CCC(c1ccc(C#N)cc1)n1ncnn1.CCCC(c1ccc(C#N)cc1)n1ncnn1.CCCCC(c1ccc(C#N)cc1)n1ncnn1.N#Cc1ccc(C(c2ccccc2)n2ncnn2)cc1. The van der Waals surface area contributed by atoms with Crippen molar-refractivity contribution in [2.75, 3.05) is 0 Å². The summed E-state index contributed by atoms with van der Waals surface area (Å²) >= 11 is 0. The fourth-order valence-electron chi connectivity index (χ4n) is 10.6. The summed E-state index contributed by atoms with van der Waals surface area (Å²) in [5.41, 5.74) is 11.4. The molecule has 0 bridgehead atoms. The Bertz CT molecular complexity index is 4760. The van der Waals surface area contributed by atoms with Gasteiger partial charge in [-0.3, -0.25) is 0 Å². The van der Waals surface area contributed by atoms with Crippen LogP contribution in [0.1, 0.15) is 189 Å². The van der Waals surface area contributed by atoms with Gasteiger partial charge in [0, 0.05) is 0 Å². The second-order valence-corrected chi connectivity index (χ2v) is 23.0. The van der Waals surface area contributed by atoms with Crippen LogP contribution in [0, 0.1) is 73.9 Å². The van der Waals surface area contributed by atoms with Crippen molar-refractivity contribution in [2.45, 2.75) is 116 Å². The third-order valence-corrected chi connectivity index (χ3v) is 15.9. The lowest BCUT2D eigenvalue weighted by atomic mass is 9.96. The van der Waals surface area contributed by atoms with Crippen LogP contribution in [0.4, 0.5) is 0 Å². The van der Waals surface area contributed by atoms with Crippen molar-refractivity contribution in [1.29, 1.82) is 31.6 Å². The first-order valence-corrected chi connectivity index (χ1v) is 32.9. The number of rotatable bonds is 20. The number of benzene rings is 7.